The van der Waals surface area contributed by atoms with Crippen molar-refractivity contribution in [3.63, 3.8) is 0 Å². The summed E-state index contributed by atoms with van der Waals surface area (Å²) in [5, 5.41) is 5.98. The Morgan fingerprint density at radius 1 is 1.32 bits per heavy atom. The molecule has 7 heteroatoms. The standard InChI is InChI=1S/C15H23N3O3S/c1-11-7-8-12(10-14(11)22(20,21)18(2)3)17-15(19)13-6-4-5-9-16-13/h7-8,10,13,16H,4-6,9H2,1-3H3,(H,17,19). The van der Waals surface area contributed by atoms with Crippen molar-refractivity contribution in [2.75, 3.05) is 26.0 Å². The maximum atomic E-state index is 12.3. The minimum atomic E-state index is -3.52. The number of benzene rings is 1. The Hall–Kier alpha value is -1.44. The molecule has 1 unspecified atom stereocenters. The van der Waals surface area contributed by atoms with E-state index in [9.17, 15) is 13.2 Å². The summed E-state index contributed by atoms with van der Waals surface area (Å²) in [5.41, 5.74) is 1.16. The molecule has 1 amide bonds. The second kappa shape index (κ2) is 6.76. The van der Waals surface area contributed by atoms with Gasteiger partial charge in [0, 0.05) is 19.8 Å². The molecule has 1 aromatic rings. The van der Waals surface area contributed by atoms with Crippen LogP contribution in [0.25, 0.3) is 0 Å². The van der Waals surface area contributed by atoms with Gasteiger partial charge in [-0.05, 0) is 44.0 Å². The first-order chi connectivity index (χ1) is 10.3. The van der Waals surface area contributed by atoms with Crippen molar-refractivity contribution in [1.29, 1.82) is 0 Å². The third kappa shape index (κ3) is 3.66. The SMILES string of the molecule is Cc1ccc(NC(=O)C2CCCCN2)cc1S(=O)(=O)N(C)C. The lowest BCUT2D eigenvalue weighted by Gasteiger charge is -2.23. The fourth-order valence-corrected chi connectivity index (χ4v) is 3.60. The number of nitrogens with zero attached hydrogens (tertiary/aromatic N) is 1. The second-order valence-corrected chi connectivity index (χ2v) is 7.88. The predicted octanol–water partition coefficient (Wildman–Crippen LogP) is 1.33. The lowest BCUT2D eigenvalue weighted by molar-refractivity contribution is -0.118. The van der Waals surface area contributed by atoms with Crippen LogP contribution in [0.15, 0.2) is 23.1 Å². The van der Waals surface area contributed by atoms with E-state index in [1.54, 1.807) is 19.1 Å². The Bertz CT molecular complexity index is 650. The van der Waals surface area contributed by atoms with Gasteiger partial charge >= 0.3 is 0 Å². The zero-order valence-corrected chi connectivity index (χ0v) is 14.0. The van der Waals surface area contributed by atoms with Crippen molar-refractivity contribution >= 4 is 21.6 Å². The molecule has 0 bridgehead atoms. The Labute approximate surface area is 131 Å². The maximum Gasteiger partial charge on any atom is 0.242 e. The fraction of sp³-hybridized carbons (Fsp3) is 0.533. The van der Waals surface area contributed by atoms with Gasteiger partial charge in [0.05, 0.1) is 10.9 Å². The summed E-state index contributed by atoms with van der Waals surface area (Å²) >= 11 is 0. The van der Waals surface area contributed by atoms with E-state index in [1.165, 1.54) is 24.5 Å². The normalized spacial score (nSPS) is 19.2. The summed E-state index contributed by atoms with van der Waals surface area (Å²) in [4.78, 5) is 12.4. The number of sulfonamides is 1. The number of hydrogen-bond acceptors (Lipinski definition) is 4. The highest BCUT2D eigenvalue weighted by atomic mass is 32.2. The van der Waals surface area contributed by atoms with Crippen LogP contribution in [-0.2, 0) is 14.8 Å². The van der Waals surface area contributed by atoms with Gasteiger partial charge in [-0.25, -0.2) is 12.7 Å². The maximum absolute atomic E-state index is 12.3. The van der Waals surface area contributed by atoms with Gasteiger partial charge in [-0.3, -0.25) is 4.79 Å². The predicted molar refractivity (Wildman–Crippen MR) is 86.3 cm³/mol. The van der Waals surface area contributed by atoms with E-state index in [0.717, 1.165) is 25.8 Å². The van der Waals surface area contributed by atoms with E-state index < -0.39 is 10.0 Å². The molecule has 0 spiro atoms. The van der Waals surface area contributed by atoms with E-state index in [-0.39, 0.29) is 16.8 Å². The average molecular weight is 325 g/mol. The van der Waals surface area contributed by atoms with Gasteiger partial charge in [0.1, 0.15) is 0 Å². The van der Waals surface area contributed by atoms with Gasteiger partial charge in [-0.2, -0.15) is 0 Å². The molecule has 0 aromatic heterocycles. The molecule has 0 aliphatic carbocycles. The van der Waals surface area contributed by atoms with Crippen LogP contribution in [-0.4, -0.2) is 45.3 Å². The minimum absolute atomic E-state index is 0.114. The molecule has 1 aromatic carbocycles. The molecule has 1 heterocycles. The van der Waals surface area contributed by atoms with Crippen LogP contribution in [0.1, 0.15) is 24.8 Å². The van der Waals surface area contributed by atoms with E-state index in [4.69, 9.17) is 0 Å². The Balaban J connectivity index is 2.21. The molecule has 1 fully saturated rings. The first kappa shape index (κ1) is 16.9. The number of amides is 1. The molecule has 0 saturated carbocycles. The van der Waals surface area contributed by atoms with Crippen LogP contribution in [0, 0.1) is 6.92 Å². The Morgan fingerprint density at radius 3 is 2.64 bits per heavy atom. The van der Waals surface area contributed by atoms with Gasteiger partial charge in [-0.15, -0.1) is 0 Å². The summed E-state index contributed by atoms with van der Waals surface area (Å²) in [6, 6.07) is 4.75. The van der Waals surface area contributed by atoms with Crippen LogP contribution in [0.2, 0.25) is 0 Å². The highest BCUT2D eigenvalue weighted by Crippen LogP contribution is 2.22. The van der Waals surface area contributed by atoms with Gasteiger partial charge < -0.3 is 10.6 Å². The zero-order valence-electron chi connectivity index (χ0n) is 13.2. The Morgan fingerprint density at radius 2 is 2.05 bits per heavy atom. The van der Waals surface area contributed by atoms with Crippen molar-refractivity contribution in [2.24, 2.45) is 0 Å². The summed E-state index contributed by atoms with van der Waals surface area (Å²) in [7, 11) is -0.540. The lowest BCUT2D eigenvalue weighted by atomic mass is 10.0. The number of hydrogen-bond donors (Lipinski definition) is 2. The number of anilines is 1. The first-order valence-corrected chi connectivity index (χ1v) is 8.84. The fourth-order valence-electron chi connectivity index (χ4n) is 2.46. The highest BCUT2D eigenvalue weighted by molar-refractivity contribution is 7.89. The third-order valence-corrected chi connectivity index (χ3v) is 5.80. The largest absolute Gasteiger partial charge is 0.325 e. The summed E-state index contributed by atoms with van der Waals surface area (Å²) < 4.78 is 25.8. The van der Waals surface area contributed by atoms with Crippen LogP contribution in [0.3, 0.4) is 0 Å². The van der Waals surface area contributed by atoms with Crippen molar-refractivity contribution < 1.29 is 13.2 Å². The second-order valence-electron chi connectivity index (χ2n) is 5.76. The van der Waals surface area contributed by atoms with Crippen LogP contribution < -0.4 is 10.6 Å². The van der Waals surface area contributed by atoms with E-state index in [1.807, 2.05) is 0 Å². The average Bonchev–Trinajstić information content (AvgIpc) is 2.49. The number of carbonyl (C=O) groups is 1. The lowest BCUT2D eigenvalue weighted by Crippen LogP contribution is -2.43. The van der Waals surface area contributed by atoms with E-state index in [2.05, 4.69) is 10.6 Å². The van der Waals surface area contributed by atoms with Crippen molar-refractivity contribution in [3.05, 3.63) is 23.8 Å². The zero-order chi connectivity index (χ0) is 16.3. The number of carbonyl (C=O) groups excluding carboxylic acids is 1. The van der Waals surface area contributed by atoms with Crippen molar-refractivity contribution in [3.8, 4) is 0 Å². The molecule has 1 saturated heterocycles. The number of nitrogens with one attached hydrogen (secondary N) is 2. The monoisotopic (exact) mass is 325 g/mol. The first-order valence-electron chi connectivity index (χ1n) is 7.40. The van der Waals surface area contributed by atoms with Gasteiger partial charge in [-0.1, -0.05) is 12.5 Å². The molecule has 1 aliphatic heterocycles. The smallest absolute Gasteiger partial charge is 0.242 e. The summed E-state index contributed by atoms with van der Waals surface area (Å²) in [5.74, 6) is -0.114. The van der Waals surface area contributed by atoms with Gasteiger partial charge in [0.15, 0.2) is 0 Å². The molecule has 2 N–H and O–H groups in total. The molecular weight excluding hydrogens is 302 g/mol. The van der Waals surface area contributed by atoms with Crippen LogP contribution >= 0.6 is 0 Å². The number of rotatable bonds is 4. The molecule has 1 aliphatic rings. The van der Waals surface area contributed by atoms with Crippen molar-refractivity contribution in [2.45, 2.75) is 37.1 Å². The van der Waals surface area contributed by atoms with Crippen molar-refractivity contribution in [1.82, 2.24) is 9.62 Å². The highest BCUT2D eigenvalue weighted by Gasteiger charge is 2.23. The van der Waals surface area contributed by atoms with Crippen LogP contribution in [0.5, 0.6) is 0 Å². The van der Waals surface area contributed by atoms with Gasteiger partial charge in [0.2, 0.25) is 15.9 Å². The minimum Gasteiger partial charge on any atom is -0.325 e. The molecule has 22 heavy (non-hydrogen) atoms. The number of piperidine rings is 1. The molecule has 1 atom stereocenters. The number of aryl methyl sites for hydroxylation is 1. The molecule has 0 radical (unpaired) electrons. The Kier molecular flexibility index (Phi) is 5.20. The summed E-state index contributed by atoms with van der Waals surface area (Å²) in [6.45, 7) is 2.58. The quantitative estimate of drug-likeness (QED) is 0.875. The van der Waals surface area contributed by atoms with Gasteiger partial charge in [0.25, 0.3) is 0 Å². The van der Waals surface area contributed by atoms with E-state index in [0.29, 0.717) is 11.3 Å². The molecule has 2 rings (SSSR count). The van der Waals surface area contributed by atoms with E-state index >= 15 is 0 Å². The third-order valence-electron chi connectivity index (χ3n) is 3.84. The molecule has 6 nitrogen and oxygen atoms in total. The van der Waals surface area contributed by atoms with Crippen LogP contribution in [0.4, 0.5) is 5.69 Å². The molecular formula is C15H23N3O3S. The molecule has 122 valence electrons. The summed E-state index contributed by atoms with van der Waals surface area (Å²) in [6.07, 6.45) is 2.92. The topological polar surface area (TPSA) is 78.5 Å².